The molecule has 0 spiro atoms. The quantitative estimate of drug-likeness (QED) is 0.708. The summed E-state index contributed by atoms with van der Waals surface area (Å²) in [6.45, 7) is 2.65. The first-order chi connectivity index (χ1) is 6.90. The van der Waals surface area contributed by atoms with Crippen LogP contribution < -0.4 is 10.2 Å². The van der Waals surface area contributed by atoms with E-state index in [0.29, 0.717) is 0 Å². The molecule has 0 saturated heterocycles. The van der Waals surface area contributed by atoms with E-state index in [1.54, 1.807) is 6.20 Å². The molecule has 2 rings (SSSR count). The molecule has 4 nitrogen and oxygen atoms in total. The van der Waals surface area contributed by atoms with Crippen molar-refractivity contribution in [2.45, 2.75) is 6.54 Å². The second-order valence-electron chi connectivity index (χ2n) is 3.28. The second kappa shape index (κ2) is 4.19. The molecule has 0 radical (unpaired) electrons. The lowest BCUT2D eigenvalue weighted by atomic mass is 10.4. The highest BCUT2D eigenvalue weighted by Crippen LogP contribution is 2.12. The molecule has 0 bridgehead atoms. The Labute approximate surface area is 83.7 Å². The van der Waals surface area contributed by atoms with Crippen LogP contribution in [0.4, 0.5) is 5.82 Å². The molecule has 1 aliphatic heterocycles. The summed E-state index contributed by atoms with van der Waals surface area (Å²) in [7, 11) is 1.91. The molecule has 1 aliphatic rings. The zero-order valence-electron chi connectivity index (χ0n) is 8.27. The Morgan fingerprint density at radius 3 is 2.86 bits per heavy atom. The van der Waals surface area contributed by atoms with E-state index in [-0.39, 0.29) is 0 Å². The monoisotopic (exact) mass is 190 g/mol. The first-order valence-electron chi connectivity index (χ1n) is 4.75. The van der Waals surface area contributed by atoms with Crippen molar-refractivity contribution in [2.75, 3.05) is 25.0 Å². The van der Waals surface area contributed by atoms with Crippen molar-refractivity contribution in [2.24, 2.45) is 0 Å². The maximum atomic E-state index is 4.51. The number of nitrogens with zero attached hydrogens (tertiary/aromatic N) is 3. The molecule has 0 aromatic carbocycles. The van der Waals surface area contributed by atoms with Crippen LogP contribution in [0.5, 0.6) is 0 Å². The van der Waals surface area contributed by atoms with Crippen molar-refractivity contribution < 1.29 is 0 Å². The Kier molecular flexibility index (Phi) is 2.74. The second-order valence-corrected chi connectivity index (χ2v) is 3.28. The molecule has 0 unspecified atom stereocenters. The zero-order chi connectivity index (χ0) is 9.80. The predicted octanol–water partition coefficient (Wildman–Crippen LogP) is 0.572. The fraction of sp³-hybridized carbons (Fsp3) is 0.400. The van der Waals surface area contributed by atoms with Crippen LogP contribution in [-0.2, 0) is 6.54 Å². The number of nitrogens with one attached hydrogen (secondary N) is 1. The molecule has 1 N–H and O–H groups in total. The van der Waals surface area contributed by atoms with Crippen LogP contribution in [0.2, 0.25) is 0 Å². The SMILES string of the molecule is CNCc1cncc(N2CC=CC2)n1. The largest absolute Gasteiger partial charge is 0.348 e. The van der Waals surface area contributed by atoms with E-state index < -0.39 is 0 Å². The number of rotatable bonds is 3. The van der Waals surface area contributed by atoms with Gasteiger partial charge in [-0.25, -0.2) is 4.98 Å². The van der Waals surface area contributed by atoms with Gasteiger partial charge in [-0.05, 0) is 7.05 Å². The van der Waals surface area contributed by atoms with Gasteiger partial charge < -0.3 is 10.2 Å². The third kappa shape index (κ3) is 1.90. The van der Waals surface area contributed by atoms with E-state index >= 15 is 0 Å². The van der Waals surface area contributed by atoms with E-state index in [2.05, 4.69) is 32.3 Å². The minimum absolute atomic E-state index is 0.766. The third-order valence-electron chi connectivity index (χ3n) is 2.17. The molecule has 0 atom stereocenters. The zero-order valence-corrected chi connectivity index (χ0v) is 8.27. The highest BCUT2D eigenvalue weighted by Gasteiger charge is 2.09. The molecule has 0 aliphatic carbocycles. The smallest absolute Gasteiger partial charge is 0.148 e. The van der Waals surface area contributed by atoms with Crippen molar-refractivity contribution >= 4 is 5.82 Å². The van der Waals surface area contributed by atoms with Gasteiger partial charge in [-0.15, -0.1) is 0 Å². The van der Waals surface area contributed by atoms with Gasteiger partial charge in [0.05, 0.1) is 11.9 Å². The molecule has 1 aromatic rings. The fourth-order valence-corrected chi connectivity index (χ4v) is 1.48. The van der Waals surface area contributed by atoms with Gasteiger partial charge in [0.2, 0.25) is 0 Å². The predicted molar refractivity (Wildman–Crippen MR) is 56.1 cm³/mol. The highest BCUT2D eigenvalue weighted by molar-refractivity contribution is 5.40. The summed E-state index contributed by atoms with van der Waals surface area (Å²) >= 11 is 0. The van der Waals surface area contributed by atoms with Crippen LogP contribution in [0.1, 0.15) is 5.69 Å². The average Bonchev–Trinajstić information content (AvgIpc) is 2.71. The van der Waals surface area contributed by atoms with Crippen molar-refractivity contribution in [3.8, 4) is 0 Å². The van der Waals surface area contributed by atoms with Gasteiger partial charge in [0.25, 0.3) is 0 Å². The lowest BCUT2D eigenvalue weighted by molar-refractivity contribution is 0.778. The van der Waals surface area contributed by atoms with Gasteiger partial charge in [-0.2, -0.15) is 0 Å². The lowest BCUT2D eigenvalue weighted by Gasteiger charge is -2.16. The van der Waals surface area contributed by atoms with Crippen molar-refractivity contribution in [3.63, 3.8) is 0 Å². The molecule has 0 amide bonds. The molecule has 1 aromatic heterocycles. The van der Waals surface area contributed by atoms with E-state index in [4.69, 9.17) is 0 Å². The lowest BCUT2D eigenvalue weighted by Crippen LogP contribution is -2.21. The summed E-state index contributed by atoms with van der Waals surface area (Å²) in [5.41, 5.74) is 0.983. The molecular weight excluding hydrogens is 176 g/mol. The summed E-state index contributed by atoms with van der Waals surface area (Å²) in [6, 6.07) is 0. The topological polar surface area (TPSA) is 41.1 Å². The Bertz CT molecular complexity index is 327. The summed E-state index contributed by atoms with van der Waals surface area (Å²) in [4.78, 5) is 10.9. The molecule has 4 heteroatoms. The number of anilines is 1. The highest BCUT2D eigenvalue weighted by atomic mass is 15.2. The first-order valence-corrected chi connectivity index (χ1v) is 4.75. The van der Waals surface area contributed by atoms with Crippen molar-refractivity contribution in [1.29, 1.82) is 0 Å². The first kappa shape index (κ1) is 9.15. The molecule has 2 heterocycles. The van der Waals surface area contributed by atoms with Crippen LogP contribution in [0, 0.1) is 0 Å². The van der Waals surface area contributed by atoms with Gasteiger partial charge >= 0.3 is 0 Å². The summed E-state index contributed by atoms with van der Waals surface area (Å²) < 4.78 is 0. The maximum absolute atomic E-state index is 4.51. The van der Waals surface area contributed by atoms with Gasteiger partial charge in [-0.1, -0.05) is 12.2 Å². The molecular formula is C10H14N4. The molecule has 14 heavy (non-hydrogen) atoms. The van der Waals surface area contributed by atoms with Crippen LogP contribution in [0.15, 0.2) is 24.5 Å². The Morgan fingerprint density at radius 1 is 1.36 bits per heavy atom. The van der Waals surface area contributed by atoms with E-state index in [1.165, 1.54) is 0 Å². The summed E-state index contributed by atoms with van der Waals surface area (Å²) in [6.07, 6.45) is 7.90. The Morgan fingerprint density at radius 2 is 2.14 bits per heavy atom. The van der Waals surface area contributed by atoms with Gasteiger partial charge in [0.1, 0.15) is 5.82 Å². The van der Waals surface area contributed by atoms with Gasteiger partial charge in [0, 0.05) is 25.8 Å². The molecule has 0 saturated carbocycles. The van der Waals surface area contributed by atoms with Gasteiger partial charge in [0.15, 0.2) is 0 Å². The van der Waals surface area contributed by atoms with Crippen LogP contribution in [0.25, 0.3) is 0 Å². The normalized spacial score (nSPS) is 15.1. The molecule has 0 fully saturated rings. The Hall–Kier alpha value is -1.42. The van der Waals surface area contributed by atoms with Crippen molar-refractivity contribution in [1.82, 2.24) is 15.3 Å². The number of hydrogen-bond donors (Lipinski definition) is 1. The summed E-state index contributed by atoms with van der Waals surface area (Å²) in [5, 5.41) is 3.07. The molecule has 74 valence electrons. The van der Waals surface area contributed by atoms with E-state index in [0.717, 1.165) is 31.1 Å². The minimum atomic E-state index is 0.766. The Balaban J connectivity index is 2.13. The summed E-state index contributed by atoms with van der Waals surface area (Å²) in [5.74, 6) is 0.961. The van der Waals surface area contributed by atoms with Crippen molar-refractivity contribution in [3.05, 3.63) is 30.2 Å². The fourth-order valence-electron chi connectivity index (χ4n) is 1.48. The van der Waals surface area contributed by atoms with E-state index in [1.807, 2.05) is 13.2 Å². The minimum Gasteiger partial charge on any atom is -0.348 e. The van der Waals surface area contributed by atoms with Crippen LogP contribution >= 0.6 is 0 Å². The number of aromatic nitrogens is 2. The average molecular weight is 190 g/mol. The van der Waals surface area contributed by atoms with Gasteiger partial charge in [-0.3, -0.25) is 4.98 Å². The van der Waals surface area contributed by atoms with E-state index in [9.17, 15) is 0 Å². The maximum Gasteiger partial charge on any atom is 0.148 e. The third-order valence-corrected chi connectivity index (χ3v) is 2.17. The van der Waals surface area contributed by atoms with Crippen LogP contribution in [-0.4, -0.2) is 30.1 Å². The standard InChI is InChI=1S/C10H14N4/c1-11-6-9-7-12-8-10(13-9)14-4-2-3-5-14/h2-3,7-8,11H,4-6H2,1H3. The van der Waals surface area contributed by atoms with Crippen LogP contribution in [0.3, 0.4) is 0 Å². The number of hydrogen-bond acceptors (Lipinski definition) is 4.